The summed E-state index contributed by atoms with van der Waals surface area (Å²) >= 11 is 0. The van der Waals surface area contributed by atoms with Crippen LogP contribution in [0.1, 0.15) is 33.6 Å². The van der Waals surface area contributed by atoms with E-state index in [1.807, 2.05) is 11.8 Å². The fourth-order valence-corrected chi connectivity index (χ4v) is 2.42. The Morgan fingerprint density at radius 3 is 2.33 bits per heavy atom. The number of halogens is 1. The number of nitrogens with one attached hydrogen (secondary N) is 1. The topological polar surface area (TPSA) is 41.6 Å². The number of methoxy groups -OCH3 is 1. The average Bonchev–Trinajstić information content (AvgIpc) is 2.35. The van der Waals surface area contributed by atoms with Gasteiger partial charge in [-0.15, -0.1) is 12.4 Å². The van der Waals surface area contributed by atoms with Crippen molar-refractivity contribution in [1.82, 2.24) is 10.2 Å². The van der Waals surface area contributed by atoms with Crippen LogP contribution in [-0.4, -0.2) is 49.7 Å². The Hall–Kier alpha value is -0.320. The van der Waals surface area contributed by atoms with Crippen molar-refractivity contribution in [1.29, 1.82) is 0 Å². The zero-order chi connectivity index (χ0) is 12.9. The van der Waals surface area contributed by atoms with Gasteiger partial charge in [0, 0.05) is 20.2 Å². The standard InChI is InChI=1S/C13H26N2O2.ClH/c1-5-15(10-11(2)3)12(16)13(17-4)6-8-14-9-7-13;/h11,14H,5-10H2,1-4H3;1H. The van der Waals surface area contributed by atoms with Crippen LogP contribution in [0.2, 0.25) is 0 Å². The minimum atomic E-state index is -0.587. The van der Waals surface area contributed by atoms with E-state index in [1.165, 1.54) is 0 Å². The van der Waals surface area contributed by atoms with Gasteiger partial charge in [-0.2, -0.15) is 0 Å². The van der Waals surface area contributed by atoms with E-state index >= 15 is 0 Å². The number of nitrogens with zero attached hydrogens (tertiary/aromatic N) is 1. The van der Waals surface area contributed by atoms with Gasteiger partial charge in [0.05, 0.1) is 0 Å². The van der Waals surface area contributed by atoms with Gasteiger partial charge in [-0.05, 0) is 38.8 Å². The Morgan fingerprint density at radius 1 is 1.39 bits per heavy atom. The van der Waals surface area contributed by atoms with Gasteiger partial charge in [0.25, 0.3) is 5.91 Å². The minimum Gasteiger partial charge on any atom is -0.368 e. The van der Waals surface area contributed by atoms with Gasteiger partial charge < -0.3 is 15.0 Å². The summed E-state index contributed by atoms with van der Waals surface area (Å²) in [5, 5.41) is 3.28. The summed E-state index contributed by atoms with van der Waals surface area (Å²) < 4.78 is 5.57. The molecule has 0 aromatic heterocycles. The number of carbonyl (C=O) groups excluding carboxylic acids is 1. The lowest BCUT2D eigenvalue weighted by molar-refractivity contribution is -0.158. The van der Waals surface area contributed by atoms with Crippen LogP contribution in [0.4, 0.5) is 0 Å². The number of rotatable bonds is 5. The molecular weight excluding hydrogens is 252 g/mol. The highest BCUT2D eigenvalue weighted by Gasteiger charge is 2.41. The van der Waals surface area contributed by atoms with Crippen molar-refractivity contribution in [2.75, 3.05) is 33.3 Å². The van der Waals surface area contributed by atoms with Gasteiger partial charge >= 0.3 is 0 Å². The molecule has 0 saturated carbocycles. The Balaban J connectivity index is 0.00000289. The number of ether oxygens (including phenoxy) is 1. The third-order valence-electron chi connectivity index (χ3n) is 3.45. The third-order valence-corrected chi connectivity index (χ3v) is 3.45. The largest absolute Gasteiger partial charge is 0.368 e. The molecule has 0 bridgehead atoms. The number of hydrogen-bond donors (Lipinski definition) is 1. The van der Waals surface area contributed by atoms with Gasteiger partial charge in [0.1, 0.15) is 5.60 Å². The van der Waals surface area contributed by atoms with Crippen LogP contribution in [0, 0.1) is 5.92 Å². The molecule has 18 heavy (non-hydrogen) atoms. The van der Waals surface area contributed by atoms with Gasteiger partial charge in [-0.3, -0.25) is 4.79 Å². The SMILES string of the molecule is CCN(CC(C)C)C(=O)C1(OC)CCNCC1.Cl. The second-order valence-corrected chi connectivity index (χ2v) is 5.19. The summed E-state index contributed by atoms with van der Waals surface area (Å²) in [4.78, 5) is 14.5. The van der Waals surface area contributed by atoms with E-state index < -0.39 is 5.60 Å². The molecule has 0 aromatic rings. The molecule has 0 spiro atoms. The van der Waals surface area contributed by atoms with E-state index in [2.05, 4.69) is 19.2 Å². The lowest BCUT2D eigenvalue weighted by atomic mass is 9.90. The molecule has 1 heterocycles. The van der Waals surface area contributed by atoms with Crippen LogP contribution in [0.15, 0.2) is 0 Å². The van der Waals surface area contributed by atoms with E-state index in [-0.39, 0.29) is 18.3 Å². The predicted octanol–water partition coefficient (Wildman–Crippen LogP) is 1.68. The van der Waals surface area contributed by atoms with E-state index in [0.29, 0.717) is 5.92 Å². The molecule has 0 unspecified atom stereocenters. The number of amides is 1. The Kier molecular flexibility index (Phi) is 7.83. The molecule has 108 valence electrons. The molecule has 1 aliphatic heterocycles. The van der Waals surface area contributed by atoms with E-state index in [9.17, 15) is 4.79 Å². The molecule has 1 saturated heterocycles. The van der Waals surface area contributed by atoms with E-state index in [4.69, 9.17) is 4.74 Å². The Bertz CT molecular complexity index is 253. The highest BCUT2D eigenvalue weighted by molar-refractivity contribution is 5.85. The monoisotopic (exact) mass is 278 g/mol. The first kappa shape index (κ1) is 17.7. The van der Waals surface area contributed by atoms with Gasteiger partial charge in [-0.1, -0.05) is 13.8 Å². The van der Waals surface area contributed by atoms with Crippen molar-refractivity contribution in [3.05, 3.63) is 0 Å². The van der Waals surface area contributed by atoms with E-state index in [1.54, 1.807) is 7.11 Å². The van der Waals surface area contributed by atoms with Gasteiger partial charge in [-0.25, -0.2) is 0 Å². The first-order valence-electron chi connectivity index (χ1n) is 6.61. The summed E-state index contributed by atoms with van der Waals surface area (Å²) in [6, 6.07) is 0. The first-order valence-corrected chi connectivity index (χ1v) is 6.61. The van der Waals surface area contributed by atoms with E-state index in [0.717, 1.165) is 39.0 Å². The normalized spacial score (nSPS) is 18.3. The summed E-state index contributed by atoms with van der Waals surface area (Å²) in [6.45, 7) is 9.60. The number of carbonyl (C=O) groups is 1. The quantitative estimate of drug-likeness (QED) is 0.832. The lowest BCUT2D eigenvalue weighted by Crippen LogP contribution is -2.55. The zero-order valence-electron chi connectivity index (χ0n) is 12.0. The molecule has 1 N–H and O–H groups in total. The van der Waals surface area contributed by atoms with Crippen molar-refractivity contribution >= 4 is 18.3 Å². The third kappa shape index (κ3) is 4.11. The number of likely N-dealkylation sites (N-methyl/N-ethyl adjacent to an activating group) is 1. The van der Waals surface area contributed by atoms with Crippen molar-refractivity contribution < 1.29 is 9.53 Å². The smallest absolute Gasteiger partial charge is 0.254 e. The van der Waals surface area contributed by atoms with Crippen LogP contribution >= 0.6 is 12.4 Å². The van der Waals surface area contributed by atoms with Crippen LogP contribution in [0.3, 0.4) is 0 Å². The highest BCUT2D eigenvalue weighted by atomic mass is 35.5. The van der Waals surface area contributed by atoms with Gasteiger partial charge in [0.2, 0.25) is 0 Å². The number of hydrogen-bond acceptors (Lipinski definition) is 3. The fourth-order valence-electron chi connectivity index (χ4n) is 2.42. The Morgan fingerprint density at radius 2 is 1.94 bits per heavy atom. The molecule has 0 aliphatic carbocycles. The van der Waals surface area contributed by atoms with Gasteiger partial charge in [0.15, 0.2) is 0 Å². The summed E-state index contributed by atoms with van der Waals surface area (Å²) in [5.41, 5.74) is -0.587. The maximum atomic E-state index is 12.6. The average molecular weight is 279 g/mol. The van der Waals surface area contributed by atoms with Crippen molar-refractivity contribution in [2.24, 2.45) is 5.92 Å². The number of piperidine rings is 1. The van der Waals surface area contributed by atoms with Crippen LogP contribution in [0.25, 0.3) is 0 Å². The fraction of sp³-hybridized carbons (Fsp3) is 0.923. The van der Waals surface area contributed by atoms with Crippen molar-refractivity contribution in [2.45, 2.75) is 39.2 Å². The summed E-state index contributed by atoms with van der Waals surface area (Å²) in [7, 11) is 1.66. The zero-order valence-corrected chi connectivity index (χ0v) is 12.8. The Labute approximate surface area is 117 Å². The second kappa shape index (κ2) is 7.97. The molecule has 1 rings (SSSR count). The van der Waals surface area contributed by atoms with Crippen LogP contribution < -0.4 is 5.32 Å². The summed E-state index contributed by atoms with van der Waals surface area (Å²) in [6.07, 6.45) is 1.55. The van der Waals surface area contributed by atoms with Crippen molar-refractivity contribution in [3.63, 3.8) is 0 Å². The highest BCUT2D eigenvalue weighted by Crippen LogP contribution is 2.25. The van der Waals surface area contributed by atoms with Crippen molar-refractivity contribution in [3.8, 4) is 0 Å². The second-order valence-electron chi connectivity index (χ2n) is 5.19. The molecular formula is C13H27ClN2O2. The van der Waals surface area contributed by atoms with Crippen LogP contribution in [0.5, 0.6) is 0 Å². The maximum absolute atomic E-state index is 12.6. The molecule has 0 atom stereocenters. The summed E-state index contributed by atoms with van der Waals surface area (Å²) in [5.74, 6) is 0.659. The molecule has 4 nitrogen and oxygen atoms in total. The molecule has 5 heteroatoms. The molecule has 1 fully saturated rings. The maximum Gasteiger partial charge on any atom is 0.254 e. The molecule has 0 aromatic carbocycles. The van der Waals surface area contributed by atoms with Crippen LogP contribution in [-0.2, 0) is 9.53 Å². The predicted molar refractivity (Wildman–Crippen MR) is 76.2 cm³/mol. The molecule has 1 aliphatic rings. The molecule has 1 amide bonds. The first-order chi connectivity index (χ1) is 8.05. The lowest BCUT2D eigenvalue weighted by Gasteiger charge is -2.39. The minimum absolute atomic E-state index is 0. The molecule has 0 radical (unpaired) electrons.